The predicted molar refractivity (Wildman–Crippen MR) is 150 cm³/mol. The molecule has 0 fully saturated rings. The summed E-state index contributed by atoms with van der Waals surface area (Å²) >= 11 is 0. The number of sulfonamides is 1. The lowest BCUT2D eigenvalue weighted by molar-refractivity contribution is 0.0979. The van der Waals surface area contributed by atoms with Gasteiger partial charge in [0.25, 0.3) is 15.9 Å². The molecule has 0 atom stereocenters. The zero-order valence-corrected chi connectivity index (χ0v) is 24.0. The molecule has 5 nitrogen and oxygen atoms in total. The molecular formula is C30H41NO4S. The van der Waals surface area contributed by atoms with Gasteiger partial charge in [-0.3, -0.25) is 4.79 Å². The number of aryl methyl sites for hydroxylation is 3. The first kappa shape index (κ1) is 30.9. The first-order chi connectivity index (χ1) is 17.1. The van der Waals surface area contributed by atoms with Gasteiger partial charge in [0.15, 0.2) is 0 Å². The molecule has 0 unspecified atom stereocenters. The highest BCUT2D eigenvalue weighted by Gasteiger charge is 2.26. The van der Waals surface area contributed by atoms with E-state index in [-0.39, 0.29) is 10.5 Å². The van der Waals surface area contributed by atoms with Crippen LogP contribution in [0.1, 0.15) is 79.2 Å². The predicted octanol–water partition coefficient (Wildman–Crippen LogP) is 7.84. The van der Waals surface area contributed by atoms with Crippen molar-refractivity contribution in [3.8, 4) is 11.5 Å². The van der Waals surface area contributed by atoms with Crippen LogP contribution in [0.15, 0.2) is 59.5 Å². The van der Waals surface area contributed by atoms with Crippen LogP contribution in [0.25, 0.3) is 0 Å². The van der Waals surface area contributed by atoms with E-state index in [1.165, 1.54) is 0 Å². The molecule has 0 bridgehead atoms. The molecule has 1 amide bonds. The Kier molecular flexibility index (Phi) is 12.4. The lowest BCUT2D eigenvalue weighted by Gasteiger charge is -2.17. The minimum Gasteiger partial charge on any atom is -0.457 e. The largest absolute Gasteiger partial charge is 0.457 e. The lowest BCUT2D eigenvalue weighted by Crippen LogP contribution is -2.32. The summed E-state index contributed by atoms with van der Waals surface area (Å²) in [6.07, 6.45) is 1.77. The quantitative estimate of drug-likeness (QED) is 0.351. The van der Waals surface area contributed by atoms with Gasteiger partial charge in [-0.1, -0.05) is 71.4 Å². The molecule has 0 saturated carbocycles. The number of rotatable bonds is 7. The summed E-state index contributed by atoms with van der Waals surface area (Å²) < 4.78 is 34.6. The maximum atomic E-state index is 13.2. The topological polar surface area (TPSA) is 72.5 Å². The number of para-hydroxylation sites is 1. The fourth-order valence-corrected chi connectivity index (χ4v) is 5.30. The van der Waals surface area contributed by atoms with Gasteiger partial charge in [-0.15, -0.1) is 0 Å². The number of amides is 1. The standard InChI is InChI=1S/C26H29NO4S.2C2H6/c1-6-10-21-13-14-23(24(16-21)31-22-11-8-7-9-12-22)26(28)27-32(29,30)25-18(3)15-17(2)19(4)20(25)5;2*1-2/h7-9,11-16H,6,10H2,1-5H3,(H,27,28);2*1-2H3. The average molecular weight is 512 g/mol. The number of benzene rings is 3. The van der Waals surface area contributed by atoms with E-state index >= 15 is 0 Å². The number of carbonyl (C=O) groups excluding carboxylic acids is 1. The normalized spacial score (nSPS) is 10.4. The Hall–Kier alpha value is -3.12. The summed E-state index contributed by atoms with van der Waals surface area (Å²) in [6, 6.07) is 16.2. The van der Waals surface area contributed by atoms with Crippen molar-refractivity contribution >= 4 is 15.9 Å². The van der Waals surface area contributed by atoms with Crippen LogP contribution < -0.4 is 9.46 Å². The number of hydrogen-bond donors (Lipinski definition) is 1. The van der Waals surface area contributed by atoms with Crippen LogP contribution >= 0.6 is 0 Å². The summed E-state index contributed by atoms with van der Waals surface area (Å²) in [5.74, 6) is 0.165. The molecule has 0 saturated heterocycles. The monoisotopic (exact) mass is 511 g/mol. The van der Waals surface area contributed by atoms with Gasteiger partial charge in [0.2, 0.25) is 0 Å². The first-order valence-corrected chi connectivity index (χ1v) is 14.1. The van der Waals surface area contributed by atoms with E-state index in [9.17, 15) is 13.2 Å². The van der Waals surface area contributed by atoms with E-state index in [2.05, 4.69) is 11.6 Å². The second-order valence-corrected chi connectivity index (χ2v) is 9.64. The Morgan fingerprint density at radius 3 is 2.03 bits per heavy atom. The van der Waals surface area contributed by atoms with Crippen LogP contribution in [0.3, 0.4) is 0 Å². The van der Waals surface area contributed by atoms with Gasteiger partial charge in [0, 0.05) is 0 Å². The van der Waals surface area contributed by atoms with E-state index in [0.29, 0.717) is 22.6 Å². The zero-order valence-electron chi connectivity index (χ0n) is 23.2. The van der Waals surface area contributed by atoms with Crippen molar-refractivity contribution in [3.05, 3.63) is 88.0 Å². The number of carbonyl (C=O) groups is 1. The molecule has 1 N–H and O–H groups in total. The first-order valence-electron chi connectivity index (χ1n) is 12.6. The van der Waals surface area contributed by atoms with E-state index in [1.54, 1.807) is 38.1 Å². The van der Waals surface area contributed by atoms with Crippen LogP contribution in [0, 0.1) is 27.7 Å². The Labute approximate surface area is 218 Å². The molecule has 3 aromatic carbocycles. The second-order valence-electron chi connectivity index (χ2n) is 8.02. The van der Waals surface area contributed by atoms with E-state index in [0.717, 1.165) is 29.5 Å². The fourth-order valence-electron chi connectivity index (χ4n) is 3.80. The van der Waals surface area contributed by atoms with Crippen LogP contribution in [-0.4, -0.2) is 14.3 Å². The number of hydrogen-bond acceptors (Lipinski definition) is 4. The third kappa shape index (κ3) is 7.69. The summed E-state index contributed by atoms with van der Waals surface area (Å²) in [7, 11) is -4.07. The molecule has 0 aliphatic carbocycles. The average Bonchev–Trinajstić information content (AvgIpc) is 2.85. The van der Waals surface area contributed by atoms with Crippen LogP contribution in [-0.2, 0) is 16.4 Å². The molecule has 0 radical (unpaired) electrons. The third-order valence-corrected chi connectivity index (χ3v) is 7.20. The van der Waals surface area contributed by atoms with Gasteiger partial charge in [-0.2, -0.15) is 0 Å². The molecule has 0 heterocycles. The Morgan fingerprint density at radius 1 is 0.833 bits per heavy atom. The van der Waals surface area contributed by atoms with Crippen molar-refractivity contribution in [2.24, 2.45) is 0 Å². The van der Waals surface area contributed by atoms with Gasteiger partial charge in [-0.05, 0) is 86.2 Å². The third-order valence-electron chi connectivity index (χ3n) is 5.58. The molecule has 0 spiro atoms. The van der Waals surface area contributed by atoms with Crippen molar-refractivity contribution < 1.29 is 17.9 Å². The van der Waals surface area contributed by atoms with Gasteiger partial charge < -0.3 is 4.74 Å². The highest BCUT2D eigenvalue weighted by Crippen LogP contribution is 2.29. The molecule has 36 heavy (non-hydrogen) atoms. The second kappa shape index (κ2) is 14.4. The SMILES string of the molecule is CC.CC.CCCc1ccc(C(=O)NS(=O)(=O)c2c(C)cc(C)c(C)c2C)c(Oc2ccccc2)c1. The Morgan fingerprint density at radius 2 is 1.44 bits per heavy atom. The highest BCUT2D eigenvalue weighted by molar-refractivity contribution is 7.90. The van der Waals surface area contributed by atoms with Crippen LogP contribution in [0.5, 0.6) is 11.5 Å². The van der Waals surface area contributed by atoms with Crippen molar-refractivity contribution in [2.45, 2.75) is 80.1 Å². The van der Waals surface area contributed by atoms with Crippen LogP contribution in [0.2, 0.25) is 0 Å². The lowest BCUT2D eigenvalue weighted by atomic mass is 10.0. The van der Waals surface area contributed by atoms with Crippen molar-refractivity contribution in [1.82, 2.24) is 4.72 Å². The van der Waals surface area contributed by atoms with Crippen molar-refractivity contribution in [1.29, 1.82) is 0 Å². The highest BCUT2D eigenvalue weighted by atomic mass is 32.2. The molecule has 0 aliphatic heterocycles. The van der Waals surface area contributed by atoms with Gasteiger partial charge in [0.1, 0.15) is 11.5 Å². The molecule has 6 heteroatoms. The van der Waals surface area contributed by atoms with E-state index < -0.39 is 15.9 Å². The van der Waals surface area contributed by atoms with E-state index in [4.69, 9.17) is 4.74 Å². The maximum Gasteiger partial charge on any atom is 0.268 e. The molecule has 0 aromatic heterocycles. The van der Waals surface area contributed by atoms with Gasteiger partial charge in [-0.25, -0.2) is 13.1 Å². The van der Waals surface area contributed by atoms with Gasteiger partial charge >= 0.3 is 0 Å². The Bertz CT molecular complexity index is 1250. The van der Waals surface area contributed by atoms with Crippen molar-refractivity contribution in [3.63, 3.8) is 0 Å². The molecule has 0 aliphatic rings. The summed E-state index contributed by atoms with van der Waals surface area (Å²) in [4.78, 5) is 13.3. The number of nitrogens with one attached hydrogen (secondary N) is 1. The zero-order chi connectivity index (χ0) is 27.5. The molecule has 3 rings (SSSR count). The fraction of sp³-hybridized carbons (Fsp3) is 0.367. The number of ether oxygens (including phenoxy) is 1. The van der Waals surface area contributed by atoms with Crippen molar-refractivity contribution in [2.75, 3.05) is 0 Å². The summed E-state index contributed by atoms with van der Waals surface area (Å²) in [6.45, 7) is 17.4. The minimum atomic E-state index is -4.07. The summed E-state index contributed by atoms with van der Waals surface area (Å²) in [5.41, 5.74) is 4.32. The molecular weight excluding hydrogens is 470 g/mol. The summed E-state index contributed by atoms with van der Waals surface area (Å²) in [5, 5.41) is 0. The van der Waals surface area contributed by atoms with Gasteiger partial charge in [0.05, 0.1) is 10.5 Å². The van der Waals surface area contributed by atoms with Crippen LogP contribution in [0.4, 0.5) is 0 Å². The van der Waals surface area contributed by atoms with E-state index in [1.807, 2.05) is 71.9 Å². The molecule has 196 valence electrons. The minimum absolute atomic E-state index is 0.141. The molecule has 3 aromatic rings. The maximum absolute atomic E-state index is 13.2. The smallest absolute Gasteiger partial charge is 0.268 e. The Balaban J connectivity index is 0.00000154.